The van der Waals surface area contributed by atoms with E-state index in [-0.39, 0.29) is 0 Å². The van der Waals surface area contributed by atoms with E-state index in [0.29, 0.717) is 0 Å². The average molecular weight is 129 g/mol. The molecule has 0 aromatic rings. The van der Waals surface area contributed by atoms with Crippen molar-refractivity contribution >= 4 is 11.8 Å². The topological polar surface area (TPSA) is 0 Å². The van der Waals surface area contributed by atoms with Gasteiger partial charge in [0.2, 0.25) is 0 Å². The normalized spacial score (nSPS) is 8.88. The maximum atomic E-state index is 2.23. The molecule has 1 radical (unpaired) electrons. The smallest absolute Gasteiger partial charge is 0.0138 e. The molecule has 0 bridgehead atoms. The van der Waals surface area contributed by atoms with Gasteiger partial charge in [0, 0.05) is 11.5 Å². The van der Waals surface area contributed by atoms with Crippen LogP contribution in [-0.2, 0) is 0 Å². The van der Waals surface area contributed by atoms with Gasteiger partial charge < -0.3 is 0 Å². The summed E-state index contributed by atoms with van der Waals surface area (Å²) in [6.45, 7) is 6.30. The lowest BCUT2D eigenvalue weighted by molar-refractivity contribution is 1.37. The van der Waals surface area contributed by atoms with Crippen LogP contribution in [0.3, 0.4) is 0 Å². The van der Waals surface area contributed by atoms with Crippen molar-refractivity contribution in [2.24, 2.45) is 0 Å². The average Bonchev–Trinajstić information content (AvgIpc) is 1.66. The molecule has 0 heterocycles. The summed E-state index contributed by atoms with van der Waals surface area (Å²) >= 11 is 1.84. The number of rotatable bonds is 3. The van der Waals surface area contributed by atoms with Gasteiger partial charge in [-0.2, -0.15) is 11.8 Å². The first-order chi connectivity index (χ1) is 3.77. The minimum Gasteiger partial charge on any atom is -0.154 e. The van der Waals surface area contributed by atoms with Gasteiger partial charge in [-0.3, -0.25) is 0 Å². The lowest BCUT2D eigenvalue weighted by Gasteiger charge is -1.89. The van der Waals surface area contributed by atoms with E-state index in [9.17, 15) is 0 Å². The van der Waals surface area contributed by atoms with Gasteiger partial charge in [-0.05, 0) is 13.8 Å². The highest BCUT2D eigenvalue weighted by atomic mass is 32.2. The monoisotopic (exact) mass is 129 g/mol. The van der Waals surface area contributed by atoms with Gasteiger partial charge in [0.05, 0.1) is 0 Å². The fraction of sp³-hybridized carbons (Fsp3) is 0.571. The minimum absolute atomic E-state index is 1.12. The van der Waals surface area contributed by atoms with Gasteiger partial charge in [0.25, 0.3) is 0 Å². The molecule has 0 aliphatic heterocycles. The maximum Gasteiger partial charge on any atom is 0.0138 e. The zero-order valence-corrected chi connectivity index (χ0v) is 6.59. The zero-order chi connectivity index (χ0) is 6.41. The third kappa shape index (κ3) is 6.09. The molecule has 0 fully saturated rings. The van der Waals surface area contributed by atoms with Crippen molar-refractivity contribution < 1.29 is 0 Å². The van der Waals surface area contributed by atoms with E-state index < -0.39 is 0 Å². The van der Waals surface area contributed by atoms with Gasteiger partial charge >= 0.3 is 0 Å². The van der Waals surface area contributed by atoms with E-state index in [1.807, 2.05) is 11.8 Å². The molecular weight excluding hydrogens is 116 g/mol. The highest BCUT2D eigenvalue weighted by Gasteiger charge is 1.78. The quantitative estimate of drug-likeness (QED) is 0.417. The van der Waals surface area contributed by atoms with Crippen LogP contribution in [-0.4, -0.2) is 5.75 Å². The van der Waals surface area contributed by atoms with Crippen molar-refractivity contribution in [2.45, 2.75) is 20.8 Å². The number of allylic oxidation sites excluding steroid dienone is 1. The fourth-order valence-electron chi connectivity index (χ4n) is 0.311. The third-order valence-corrected chi connectivity index (χ3v) is 1.45. The Balaban J connectivity index is 3.03. The van der Waals surface area contributed by atoms with E-state index in [2.05, 4.69) is 32.6 Å². The van der Waals surface area contributed by atoms with Gasteiger partial charge in [0.15, 0.2) is 0 Å². The van der Waals surface area contributed by atoms with E-state index in [4.69, 9.17) is 0 Å². The Morgan fingerprint density at radius 3 is 2.50 bits per heavy atom. The molecule has 0 aromatic heterocycles. The molecule has 0 aliphatic carbocycles. The summed E-state index contributed by atoms with van der Waals surface area (Å²) in [5.74, 6) is 3.23. The lowest BCUT2D eigenvalue weighted by atomic mass is 10.3. The lowest BCUT2D eigenvalue weighted by Crippen LogP contribution is -1.69. The summed E-state index contributed by atoms with van der Waals surface area (Å²) < 4.78 is 0. The zero-order valence-electron chi connectivity index (χ0n) is 5.77. The molecule has 0 rings (SSSR count). The number of hydrogen-bond acceptors (Lipinski definition) is 1. The first kappa shape index (κ1) is 8.09. The van der Waals surface area contributed by atoms with E-state index >= 15 is 0 Å². The highest BCUT2D eigenvalue weighted by molar-refractivity contribution is 8.01. The molecule has 47 valence electrons. The second-order valence-corrected chi connectivity index (χ2v) is 2.99. The van der Waals surface area contributed by atoms with Crippen LogP contribution >= 0.6 is 11.8 Å². The largest absolute Gasteiger partial charge is 0.154 e. The molecule has 0 N–H and O–H groups in total. The van der Waals surface area contributed by atoms with Crippen molar-refractivity contribution in [3.05, 3.63) is 17.4 Å². The number of hydrogen-bond donors (Lipinski definition) is 0. The molecule has 8 heavy (non-hydrogen) atoms. The van der Waals surface area contributed by atoms with Crippen LogP contribution < -0.4 is 0 Å². The molecule has 0 amide bonds. The molecule has 0 nitrogen and oxygen atoms in total. The van der Waals surface area contributed by atoms with Crippen LogP contribution in [0.4, 0.5) is 0 Å². The predicted molar refractivity (Wildman–Crippen MR) is 41.9 cm³/mol. The predicted octanol–water partition coefficient (Wildman–Crippen LogP) is 2.87. The summed E-state index contributed by atoms with van der Waals surface area (Å²) in [7, 11) is 0. The van der Waals surface area contributed by atoms with Gasteiger partial charge in [-0.25, -0.2) is 0 Å². The fourth-order valence-corrected chi connectivity index (χ4v) is 0.933. The Labute approximate surface area is 56.4 Å². The molecule has 0 saturated heterocycles. The van der Waals surface area contributed by atoms with E-state index in [1.165, 1.54) is 5.57 Å². The van der Waals surface area contributed by atoms with Crippen LogP contribution in [0.5, 0.6) is 0 Å². The Kier molecular flexibility index (Phi) is 5.29. The van der Waals surface area contributed by atoms with Crippen molar-refractivity contribution in [3.8, 4) is 0 Å². The highest BCUT2D eigenvalue weighted by Crippen LogP contribution is 2.04. The van der Waals surface area contributed by atoms with E-state index in [1.54, 1.807) is 0 Å². The Bertz CT molecular complexity index is 70.5. The standard InChI is InChI=1S/C7H13S/c1-4-8-6-5-7(2)3/h4-5H,6H2,1-3H3. The SMILES string of the molecule is C[CH]SCC=C(C)C. The maximum absolute atomic E-state index is 2.23. The van der Waals surface area contributed by atoms with Gasteiger partial charge in [-0.15, -0.1) is 0 Å². The summed E-state index contributed by atoms with van der Waals surface area (Å²) in [6, 6.07) is 0. The molecular formula is C7H13S. The molecule has 0 atom stereocenters. The summed E-state index contributed by atoms with van der Waals surface area (Å²) in [5, 5.41) is 0. The second kappa shape index (κ2) is 5.23. The molecule has 0 spiro atoms. The van der Waals surface area contributed by atoms with Crippen LogP contribution in [0.25, 0.3) is 0 Å². The summed E-state index contributed by atoms with van der Waals surface area (Å²) in [4.78, 5) is 0. The van der Waals surface area contributed by atoms with Crippen LogP contribution in [0.15, 0.2) is 11.6 Å². The summed E-state index contributed by atoms with van der Waals surface area (Å²) in [5.41, 5.74) is 1.40. The Morgan fingerprint density at radius 1 is 1.50 bits per heavy atom. The second-order valence-electron chi connectivity index (χ2n) is 1.85. The molecule has 0 aromatic carbocycles. The molecule has 0 saturated carbocycles. The Morgan fingerprint density at radius 2 is 2.12 bits per heavy atom. The number of thioether (sulfide) groups is 1. The van der Waals surface area contributed by atoms with Gasteiger partial charge in [0.1, 0.15) is 0 Å². The van der Waals surface area contributed by atoms with Crippen LogP contribution in [0.1, 0.15) is 20.8 Å². The Hall–Kier alpha value is 0.0900. The van der Waals surface area contributed by atoms with Gasteiger partial charge in [-0.1, -0.05) is 18.6 Å². The molecule has 1 heteroatoms. The third-order valence-electron chi connectivity index (χ3n) is 0.754. The summed E-state index contributed by atoms with van der Waals surface area (Å²) in [6.07, 6.45) is 2.23. The van der Waals surface area contributed by atoms with E-state index in [0.717, 1.165) is 5.75 Å². The first-order valence-corrected chi connectivity index (χ1v) is 3.85. The van der Waals surface area contributed by atoms with Crippen LogP contribution in [0.2, 0.25) is 0 Å². The molecule has 0 unspecified atom stereocenters. The first-order valence-electron chi connectivity index (χ1n) is 2.80. The molecule has 0 aliphatic rings. The van der Waals surface area contributed by atoms with Crippen molar-refractivity contribution in [1.29, 1.82) is 0 Å². The van der Waals surface area contributed by atoms with Crippen molar-refractivity contribution in [3.63, 3.8) is 0 Å². The van der Waals surface area contributed by atoms with Crippen molar-refractivity contribution in [2.75, 3.05) is 5.75 Å². The van der Waals surface area contributed by atoms with Crippen molar-refractivity contribution in [1.82, 2.24) is 0 Å². The van der Waals surface area contributed by atoms with Crippen LogP contribution in [0, 0.1) is 5.75 Å². The minimum atomic E-state index is 1.12.